The number of rotatable bonds is 4. The molecule has 3 aromatic heterocycles. The number of nitrogens with zero attached hydrogens (tertiary/aromatic N) is 2. The lowest BCUT2D eigenvalue weighted by atomic mass is 9.95. The summed E-state index contributed by atoms with van der Waals surface area (Å²) in [7, 11) is 0. The molecule has 0 saturated carbocycles. The van der Waals surface area contributed by atoms with E-state index in [4.69, 9.17) is 20.9 Å². The summed E-state index contributed by atoms with van der Waals surface area (Å²) in [6.45, 7) is 4.44. The maximum atomic E-state index is 11.9. The lowest BCUT2D eigenvalue weighted by Crippen LogP contribution is -2.31. The molecule has 0 saturated heterocycles. The maximum Gasteiger partial charge on any atom is 0.260 e. The van der Waals surface area contributed by atoms with Gasteiger partial charge in [0.15, 0.2) is 0 Å². The van der Waals surface area contributed by atoms with Crippen LogP contribution >= 0.6 is 11.3 Å². The topological polar surface area (TPSA) is 98.4 Å². The second-order valence-corrected chi connectivity index (χ2v) is 8.66. The minimum atomic E-state index is -0.527. The first-order valence-corrected chi connectivity index (χ1v) is 10.7. The van der Waals surface area contributed by atoms with Crippen molar-refractivity contribution in [3.05, 3.63) is 69.9 Å². The molecular weight excluding hydrogens is 396 g/mol. The van der Waals surface area contributed by atoms with Crippen LogP contribution in [0.5, 0.6) is 0 Å². The summed E-state index contributed by atoms with van der Waals surface area (Å²) in [5, 5.41) is 0.767. The van der Waals surface area contributed by atoms with Crippen LogP contribution in [0.2, 0.25) is 0 Å². The number of carbonyl (C=O) groups is 1. The molecule has 0 spiro atoms. The Labute approximate surface area is 178 Å². The van der Waals surface area contributed by atoms with Crippen LogP contribution in [-0.2, 0) is 19.5 Å². The van der Waals surface area contributed by atoms with Gasteiger partial charge in [-0.25, -0.2) is 4.98 Å². The highest BCUT2D eigenvalue weighted by Crippen LogP contribution is 2.43. The van der Waals surface area contributed by atoms with E-state index in [1.807, 2.05) is 25.1 Å². The molecule has 4 N–H and O–H groups in total. The molecule has 4 aromatic rings. The Morgan fingerprint density at radius 2 is 2.03 bits per heavy atom. The number of fused-ring (bicyclic) bond motifs is 2. The molecule has 7 heteroatoms. The summed E-state index contributed by atoms with van der Waals surface area (Å²) in [6, 6.07) is 14.3. The summed E-state index contributed by atoms with van der Waals surface area (Å²) in [5.74, 6) is 1.04. The first-order chi connectivity index (χ1) is 14.5. The van der Waals surface area contributed by atoms with Crippen molar-refractivity contribution in [3.63, 3.8) is 0 Å². The smallest absolute Gasteiger partial charge is 0.260 e. The number of hydrogen-bond donors (Lipinski definition) is 2. The minimum absolute atomic E-state index is 0.352. The molecule has 152 valence electrons. The molecule has 0 bridgehead atoms. The Morgan fingerprint density at radius 3 is 2.73 bits per heavy atom. The molecule has 0 unspecified atom stereocenters. The number of nitrogen functional groups attached to an aromatic ring is 1. The van der Waals surface area contributed by atoms with Crippen molar-refractivity contribution >= 4 is 33.1 Å². The number of aromatic nitrogens is 1. The number of benzene rings is 1. The maximum absolute atomic E-state index is 11.9. The van der Waals surface area contributed by atoms with Crippen LogP contribution < -0.4 is 11.5 Å². The average Bonchev–Trinajstić information content (AvgIpc) is 3.30. The van der Waals surface area contributed by atoms with E-state index in [1.54, 1.807) is 0 Å². The third-order valence-corrected chi connectivity index (χ3v) is 6.68. The second-order valence-electron chi connectivity index (χ2n) is 7.66. The quantitative estimate of drug-likeness (QED) is 0.520. The van der Waals surface area contributed by atoms with Gasteiger partial charge in [-0.15, -0.1) is 11.3 Å². The monoisotopic (exact) mass is 418 g/mol. The van der Waals surface area contributed by atoms with Gasteiger partial charge in [0.2, 0.25) is 0 Å². The van der Waals surface area contributed by atoms with Crippen LogP contribution in [0.1, 0.15) is 32.3 Å². The van der Waals surface area contributed by atoms with Gasteiger partial charge in [0.1, 0.15) is 21.2 Å². The molecule has 1 aromatic carbocycles. The van der Waals surface area contributed by atoms with E-state index in [2.05, 4.69) is 29.2 Å². The first-order valence-electron chi connectivity index (χ1n) is 9.88. The van der Waals surface area contributed by atoms with Crippen molar-refractivity contribution in [2.45, 2.75) is 26.4 Å². The van der Waals surface area contributed by atoms with Gasteiger partial charge >= 0.3 is 0 Å². The van der Waals surface area contributed by atoms with E-state index in [1.165, 1.54) is 16.9 Å². The minimum Gasteiger partial charge on any atom is -0.461 e. The fourth-order valence-electron chi connectivity index (χ4n) is 4.18. The molecule has 0 radical (unpaired) electrons. The molecule has 6 nitrogen and oxygen atoms in total. The summed E-state index contributed by atoms with van der Waals surface area (Å²) in [6.07, 6.45) is 0.828. The number of pyridine rings is 1. The van der Waals surface area contributed by atoms with E-state index in [-0.39, 0.29) is 0 Å². The van der Waals surface area contributed by atoms with Crippen molar-refractivity contribution in [3.8, 4) is 11.3 Å². The van der Waals surface area contributed by atoms with E-state index in [0.29, 0.717) is 10.6 Å². The Kier molecular flexibility index (Phi) is 4.56. The van der Waals surface area contributed by atoms with Crippen molar-refractivity contribution in [1.82, 2.24) is 9.88 Å². The lowest BCUT2D eigenvalue weighted by molar-refractivity contribution is 0.100. The fraction of sp³-hybridized carbons (Fsp3) is 0.217. The molecule has 4 heterocycles. The van der Waals surface area contributed by atoms with Gasteiger partial charge in [0.25, 0.3) is 5.91 Å². The third-order valence-electron chi connectivity index (χ3n) is 5.57. The number of thiophene rings is 1. The molecular formula is C23H22N4O2S. The van der Waals surface area contributed by atoms with Gasteiger partial charge in [0, 0.05) is 42.7 Å². The van der Waals surface area contributed by atoms with Gasteiger partial charge < -0.3 is 15.9 Å². The number of hydrogen-bond acceptors (Lipinski definition) is 6. The fourth-order valence-corrected chi connectivity index (χ4v) is 5.16. The zero-order chi connectivity index (χ0) is 20.8. The van der Waals surface area contributed by atoms with Gasteiger partial charge in [-0.2, -0.15) is 0 Å². The van der Waals surface area contributed by atoms with Crippen LogP contribution in [0.25, 0.3) is 21.5 Å². The molecule has 0 atom stereocenters. The van der Waals surface area contributed by atoms with E-state index >= 15 is 0 Å². The molecule has 1 aliphatic heterocycles. The molecule has 1 aliphatic rings. The molecule has 1 amide bonds. The van der Waals surface area contributed by atoms with Crippen LogP contribution in [-0.4, -0.2) is 22.3 Å². The number of primary amides is 1. The summed E-state index contributed by atoms with van der Waals surface area (Å²) in [5.41, 5.74) is 16.7. The molecule has 30 heavy (non-hydrogen) atoms. The number of carbonyl (C=O) groups excluding carboxylic acids is 1. The first kappa shape index (κ1) is 18.8. The van der Waals surface area contributed by atoms with Gasteiger partial charge in [-0.3, -0.25) is 9.69 Å². The number of nitrogens with two attached hydrogens (primary N) is 2. The highest BCUT2D eigenvalue weighted by atomic mass is 32.1. The Bertz CT molecular complexity index is 1260. The standard InChI is InChI=1S/C23H22N4O2S/c1-13-7-8-17(29-13)18-15-12-27(11-14-5-3-2-4-6-14)10-9-16(15)26-23-19(18)20(24)21(30-23)22(25)28/h2-8H,9-12,24H2,1H3,(H2,25,28). The van der Waals surface area contributed by atoms with Crippen LogP contribution in [0, 0.1) is 6.92 Å². The average molecular weight is 419 g/mol. The van der Waals surface area contributed by atoms with Gasteiger partial charge in [-0.05, 0) is 30.2 Å². The number of amides is 1. The second kappa shape index (κ2) is 7.27. The molecule has 0 fully saturated rings. The van der Waals surface area contributed by atoms with Crippen LogP contribution in [0.4, 0.5) is 5.69 Å². The van der Waals surface area contributed by atoms with Crippen LogP contribution in [0.3, 0.4) is 0 Å². The van der Waals surface area contributed by atoms with Crippen molar-refractivity contribution in [1.29, 1.82) is 0 Å². The van der Waals surface area contributed by atoms with E-state index in [0.717, 1.165) is 64.6 Å². The summed E-state index contributed by atoms with van der Waals surface area (Å²) >= 11 is 1.26. The summed E-state index contributed by atoms with van der Waals surface area (Å²) in [4.78, 5) is 20.3. The normalized spacial score (nSPS) is 14.2. The van der Waals surface area contributed by atoms with E-state index < -0.39 is 5.91 Å². The highest BCUT2D eigenvalue weighted by Gasteiger charge is 2.28. The van der Waals surface area contributed by atoms with Crippen molar-refractivity contribution in [2.75, 3.05) is 12.3 Å². The Balaban J connectivity index is 1.67. The summed E-state index contributed by atoms with van der Waals surface area (Å²) < 4.78 is 6.01. The molecule has 5 rings (SSSR count). The Hall–Kier alpha value is -3.16. The van der Waals surface area contributed by atoms with Gasteiger partial charge in [0.05, 0.1) is 5.69 Å². The largest absolute Gasteiger partial charge is 0.461 e. The lowest BCUT2D eigenvalue weighted by Gasteiger charge is -2.29. The number of furan rings is 1. The third kappa shape index (κ3) is 3.16. The highest BCUT2D eigenvalue weighted by molar-refractivity contribution is 7.21. The van der Waals surface area contributed by atoms with Crippen molar-refractivity contribution < 1.29 is 9.21 Å². The number of anilines is 1. The SMILES string of the molecule is Cc1ccc(-c2c3c(nc4sc(C(N)=O)c(N)c24)CCN(Cc2ccccc2)C3)o1. The molecule has 0 aliphatic carbocycles. The van der Waals surface area contributed by atoms with Crippen molar-refractivity contribution in [2.24, 2.45) is 5.73 Å². The van der Waals surface area contributed by atoms with Crippen LogP contribution in [0.15, 0.2) is 46.9 Å². The zero-order valence-electron chi connectivity index (χ0n) is 16.6. The Morgan fingerprint density at radius 1 is 1.23 bits per heavy atom. The number of aryl methyl sites for hydroxylation is 1. The predicted molar refractivity (Wildman–Crippen MR) is 119 cm³/mol. The van der Waals surface area contributed by atoms with Gasteiger partial charge in [-0.1, -0.05) is 30.3 Å². The predicted octanol–water partition coefficient (Wildman–Crippen LogP) is 4.10. The van der Waals surface area contributed by atoms with E-state index in [9.17, 15) is 4.79 Å². The zero-order valence-corrected chi connectivity index (χ0v) is 17.5.